The van der Waals surface area contributed by atoms with Crippen molar-refractivity contribution in [3.8, 4) is 24.7 Å². The second kappa shape index (κ2) is 2.82. The fraction of sp³-hybridized carbons (Fsp3) is 0. The van der Waals surface area contributed by atoms with Crippen LogP contribution in [0.2, 0.25) is 0 Å². The lowest BCUT2D eigenvalue weighted by Gasteiger charge is -1.96. The summed E-state index contributed by atoms with van der Waals surface area (Å²) in [6, 6.07) is 5.16. The fourth-order valence-corrected chi connectivity index (χ4v) is 0.818. The van der Waals surface area contributed by atoms with Crippen molar-refractivity contribution in [2.24, 2.45) is 0 Å². The van der Waals surface area contributed by atoms with Gasteiger partial charge < -0.3 is 5.73 Å². The third-order valence-electron chi connectivity index (χ3n) is 1.29. The van der Waals surface area contributed by atoms with Crippen LogP contribution < -0.4 is 5.73 Å². The molecule has 1 aromatic carbocycles. The predicted octanol–water partition coefficient (Wildman–Crippen LogP) is 1.23. The Hall–Kier alpha value is -1.86. The van der Waals surface area contributed by atoms with Gasteiger partial charge in [0.05, 0.1) is 0 Å². The zero-order valence-electron chi connectivity index (χ0n) is 5.96. The van der Waals surface area contributed by atoms with Crippen molar-refractivity contribution in [1.82, 2.24) is 0 Å². The van der Waals surface area contributed by atoms with Crippen molar-refractivity contribution in [2.45, 2.75) is 0 Å². The van der Waals surface area contributed by atoms with Crippen molar-refractivity contribution in [3.05, 3.63) is 29.3 Å². The molecule has 0 radical (unpaired) electrons. The first-order chi connectivity index (χ1) is 5.26. The minimum Gasteiger partial charge on any atom is -0.399 e. The van der Waals surface area contributed by atoms with Crippen LogP contribution in [-0.4, -0.2) is 0 Å². The maximum absolute atomic E-state index is 5.52. The van der Waals surface area contributed by atoms with Crippen LogP contribution in [0.15, 0.2) is 18.2 Å². The number of anilines is 1. The fourth-order valence-electron chi connectivity index (χ4n) is 0.818. The number of rotatable bonds is 0. The van der Waals surface area contributed by atoms with Crippen molar-refractivity contribution in [2.75, 3.05) is 5.73 Å². The third-order valence-corrected chi connectivity index (χ3v) is 1.29. The van der Waals surface area contributed by atoms with Crippen LogP contribution in [0.5, 0.6) is 0 Å². The van der Waals surface area contributed by atoms with Crippen molar-refractivity contribution < 1.29 is 0 Å². The summed E-state index contributed by atoms with van der Waals surface area (Å²) in [5, 5.41) is 0. The van der Waals surface area contributed by atoms with Gasteiger partial charge in [-0.3, -0.25) is 0 Å². The Labute approximate surface area is 66.2 Å². The van der Waals surface area contributed by atoms with Crippen molar-refractivity contribution >= 4 is 5.69 Å². The topological polar surface area (TPSA) is 26.0 Å². The molecule has 1 aromatic rings. The van der Waals surface area contributed by atoms with E-state index < -0.39 is 0 Å². The van der Waals surface area contributed by atoms with Gasteiger partial charge in [-0.05, 0) is 18.2 Å². The molecule has 0 aliphatic carbocycles. The summed E-state index contributed by atoms with van der Waals surface area (Å²) in [6.07, 6.45) is 10.3. The van der Waals surface area contributed by atoms with Crippen molar-refractivity contribution in [1.29, 1.82) is 0 Å². The summed E-state index contributed by atoms with van der Waals surface area (Å²) >= 11 is 0. The Bertz CT molecular complexity index is 318. The maximum atomic E-state index is 5.52. The molecule has 0 bridgehead atoms. The van der Waals surface area contributed by atoms with Gasteiger partial charge in [0.25, 0.3) is 0 Å². The van der Waals surface area contributed by atoms with E-state index in [9.17, 15) is 0 Å². The molecule has 0 atom stereocenters. The van der Waals surface area contributed by atoms with Crippen LogP contribution in [0.3, 0.4) is 0 Å². The highest BCUT2D eigenvalue weighted by Crippen LogP contribution is 2.09. The van der Waals surface area contributed by atoms with Gasteiger partial charge in [0.1, 0.15) is 0 Å². The quantitative estimate of drug-likeness (QED) is 0.427. The normalized spacial score (nSPS) is 8.18. The minimum absolute atomic E-state index is 0.605. The molecule has 0 aromatic heterocycles. The standard InChI is InChI=1S/C10H7N/c1-3-8-5-9(4-2)7-10(11)6-8/h1-2,5-7H,11H2. The Morgan fingerprint density at radius 2 is 1.45 bits per heavy atom. The van der Waals surface area contributed by atoms with E-state index in [2.05, 4.69) is 11.8 Å². The highest BCUT2D eigenvalue weighted by atomic mass is 14.5. The number of terminal acetylenes is 2. The molecule has 11 heavy (non-hydrogen) atoms. The number of benzene rings is 1. The van der Waals surface area contributed by atoms with E-state index in [0.717, 1.165) is 11.1 Å². The molecular weight excluding hydrogens is 134 g/mol. The molecule has 1 nitrogen and oxygen atoms in total. The number of nitrogens with two attached hydrogens (primary N) is 1. The van der Waals surface area contributed by atoms with Gasteiger partial charge in [0.15, 0.2) is 0 Å². The Balaban J connectivity index is 3.28. The molecule has 52 valence electrons. The molecule has 0 fully saturated rings. The Kier molecular flexibility index (Phi) is 1.86. The summed E-state index contributed by atoms with van der Waals surface area (Å²) < 4.78 is 0. The lowest BCUT2D eigenvalue weighted by Crippen LogP contribution is -1.87. The van der Waals surface area contributed by atoms with E-state index in [4.69, 9.17) is 18.6 Å². The van der Waals surface area contributed by atoms with E-state index in [-0.39, 0.29) is 0 Å². The largest absolute Gasteiger partial charge is 0.399 e. The molecule has 0 heterocycles. The number of hydrogen-bond acceptors (Lipinski definition) is 1. The predicted molar refractivity (Wildman–Crippen MR) is 46.7 cm³/mol. The molecule has 0 saturated heterocycles. The second-order valence-electron chi connectivity index (χ2n) is 2.13. The van der Waals surface area contributed by atoms with E-state index in [1.807, 2.05) is 0 Å². The summed E-state index contributed by atoms with van der Waals surface area (Å²) in [5.74, 6) is 4.93. The zero-order chi connectivity index (χ0) is 8.27. The van der Waals surface area contributed by atoms with Crippen LogP contribution in [0.25, 0.3) is 0 Å². The summed E-state index contributed by atoms with van der Waals surface area (Å²) in [5.41, 5.74) is 7.57. The summed E-state index contributed by atoms with van der Waals surface area (Å²) in [7, 11) is 0. The molecule has 0 spiro atoms. The molecular formula is C10H7N. The maximum Gasteiger partial charge on any atom is 0.0339 e. The van der Waals surface area contributed by atoms with Gasteiger partial charge in [-0.2, -0.15) is 0 Å². The van der Waals surface area contributed by atoms with Gasteiger partial charge in [-0.1, -0.05) is 11.8 Å². The second-order valence-corrected chi connectivity index (χ2v) is 2.13. The Morgan fingerprint density at radius 1 is 1.00 bits per heavy atom. The highest BCUT2D eigenvalue weighted by Gasteiger charge is 1.92. The van der Waals surface area contributed by atoms with E-state index >= 15 is 0 Å². The van der Waals surface area contributed by atoms with Crippen LogP contribution in [0.1, 0.15) is 11.1 Å². The van der Waals surface area contributed by atoms with Gasteiger partial charge in [-0.15, -0.1) is 12.8 Å². The molecule has 2 N–H and O–H groups in total. The average Bonchev–Trinajstić information content (AvgIpc) is 2.03. The first kappa shape index (κ1) is 7.25. The lowest BCUT2D eigenvalue weighted by molar-refractivity contribution is 1.59. The molecule has 0 aliphatic rings. The van der Waals surface area contributed by atoms with Gasteiger partial charge in [-0.25, -0.2) is 0 Å². The Morgan fingerprint density at radius 3 is 1.82 bits per heavy atom. The number of nitrogen functional groups attached to an aromatic ring is 1. The van der Waals surface area contributed by atoms with Gasteiger partial charge in [0.2, 0.25) is 0 Å². The van der Waals surface area contributed by atoms with Gasteiger partial charge in [0, 0.05) is 16.8 Å². The SMILES string of the molecule is C#Cc1cc(N)cc(C#C)c1. The summed E-state index contributed by atoms with van der Waals surface area (Å²) in [4.78, 5) is 0. The van der Waals surface area contributed by atoms with Crippen LogP contribution in [-0.2, 0) is 0 Å². The minimum atomic E-state index is 0.605. The first-order valence-electron chi connectivity index (χ1n) is 3.10. The van der Waals surface area contributed by atoms with Crippen molar-refractivity contribution in [3.63, 3.8) is 0 Å². The smallest absolute Gasteiger partial charge is 0.0339 e. The van der Waals surface area contributed by atoms with Gasteiger partial charge >= 0.3 is 0 Å². The lowest BCUT2D eigenvalue weighted by atomic mass is 10.1. The molecule has 0 unspecified atom stereocenters. The molecule has 0 aliphatic heterocycles. The average molecular weight is 141 g/mol. The van der Waals surface area contributed by atoms with E-state index in [1.165, 1.54) is 0 Å². The van der Waals surface area contributed by atoms with E-state index in [0.29, 0.717) is 5.69 Å². The van der Waals surface area contributed by atoms with E-state index in [1.54, 1.807) is 18.2 Å². The first-order valence-corrected chi connectivity index (χ1v) is 3.10. The molecule has 1 heteroatoms. The zero-order valence-corrected chi connectivity index (χ0v) is 5.96. The van der Waals surface area contributed by atoms with Crippen LogP contribution in [0.4, 0.5) is 5.69 Å². The molecule has 0 amide bonds. The van der Waals surface area contributed by atoms with Crippen LogP contribution in [0, 0.1) is 24.7 Å². The number of hydrogen-bond donors (Lipinski definition) is 1. The monoisotopic (exact) mass is 141 g/mol. The summed E-state index contributed by atoms with van der Waals surface area (Å²) in [6.45, 7) is 0. The molecule has 0 saturated carbocycles. The highest BCUT2D eigenvalue weighted by molar-refractivity contribution is 5.53. The molecule has 1 rings (SSSR count). The third kappa shape index (κ3) is 1.53. The van der Waals surface area contributed by atoms with Crippen LogP contribution >= 0.6 is 0 Å².